The van der Waals surface area contributed by atoms with E-state index in [0.717, 1.165) is 37.9 Å². The highest BCUT2D eigenvalue weighted by Gasteiger charge is 2.14. The summed E-state index contributed by atoms with van der Waals surface area (Å²) in [6.07, 6.45) is 4.94. The lowest BCUT2D eigenvalue weighted by Crippen LogP contribution is -2.30. The Labute approximate surface area is 129 Å². The van der Waals surface area contributed by atoms with Crippen molar-refractivity contribution in [1.29, 1.82) is 0 Å². The minimum absolute atomic E-state index is 0.278. The number of aromatic nitrogens is 2. The van der Waals surface area contributed by atoms with Gasteiger partial charge in [-0.25, -0.2) is 8.42 Å². The second kappa shape index (κ2) is 7.94. The highest BCUT2D eigenvalue weighted by atomic mass is 32.2. The normalized spacial score (nSPS) is 13.6. The summed E-state index contributed by atoms with van der Waals surface area (Å²) in [4.78, 5) is 0. The summed E-state index contributed by atoms with van der Waals surface area (Å²) in [5.41, 5.74) is 3.64. The van der Waals surface area contributed by atoms with Crippen molar-refractivity contribution in [1.82, 2.24) is 15.1 Å². The van der Waals surface area contributed by atoms with Crippen molar-refractivity contribution in [2.45, 2.75) is 52.5 Å². The van der Waals surface area contributed by atoms with Crippen molar-refractivity contribution in [2.24, 2.45) is 7.05 Å². The van der Waals surface area contributed by atoms with Gasteiger partial charge in [0.15, 0.2) is 0 Å². The molecule has 1 unspecified atom stereocenters. The van der Waals surface area contributed by atoms with Crippen molar-refractivity contribution in [3.05, 3.63) is 17.0 Å². The molecule has 6 heteroatoms. The van der Waals surface area contributed by atoms with Crippen LogP contribution in [0, 0.1) is 13.8 Å². The lowest BCUT2D eigenvalue weighted by molar-refractivity contribution is 0.458. The molecule has 0 spiro atoms. The molecule has 5 nitrogen and oxygen atoms in total. The summed E-state index contributed by atoms with van der Waals surface area (Å²) >= 11 is 0. The molecular formula is C15H29N3O2S. The maximum atomic E-state index is 11.2. The fraction of sp³-hybridized carbons (Fsp3) is 0.800. The third-order valence-corrected chi connectivity index (χ3v) is 4.99. The largest absolute Gasteiger partial charge is 0.314 e. The van der Waals surface area contributed by atoms with Gasteiger partial charge < -0.3 is 5.32 Å². The van der Waals surface area contributed by atoms with Crippen LogP contribution in [0.3, 0.4) is 0 Å². The molecule has 1 heterocycles. The van der Waals surface area contributed by atoms with E-state index in [9.17, 15) is 8.42 Å². The van der Waals surface area contributed by atoms with E-state index in [0.29, 0.717) is 6.04 Å². The van der Waals surface area contributed by atoms with Crippen molar-refractivity contribution in [3.8, 4) is 0 Å². The predicted octanol–water partition coefficient (Wildman–Crippen LogP) is 1.77. The van der Waals surface area contributed by atoms with Gasteiger partial charge in [-0.1, -0.05) is 6.92 Å². The fourth-order valence-corrected chi connectivity index (χ4v) is 3.42. The Bertz CT molecular complexity index is 550. The van der Waals surface area contributed by atoms with E-state index >= 15 is 0 Å². The SMILES string of the molecule is CCNC(CCCS(C)(=O)=O)CCc1c(C)nn(C)c1C. The molecule has 0 amide bonds. The molecule has 122 valence electrons. The van der Waals surface area contributed by atoms with Gasteiger partial charge in [-0.15, -0.1) is 0 Å². The van der Waals surface area contributed by atoms with Crippen LogP contribution in [0.1, 0.15) is 43.1 Å². The number of nitrogens with one attached hydrogen (secondary N) is 1. The van der Waals surface area contributed by atoms with E-state index in [-0.39, 0.29) is 5.75 Å². The van der Waals surface area contributed by atoms with Gasteiger partial charge in [-0.05, 0) is 51.6 Å². The summed E-state index contributed by atoms with van der Waals surface area (Å²) in [5, 5.41) is 7.91. The Hall–Kier alpha value is -0.880. The molecule has 1 rings (SSSR count). The van der Waals surface area contributed by atoms with E-state index in [1.54, 1.807) is 0 Å². The van der Waals surface area contributed by atoms with Crippen LogP contribution in [0.15, 0.2) is 0 Å². The average Bonchev–Trinajstić information content (AvgIpc) is 2.59. The highest BCUT2D eigenvalue weighted by Crippen LogP contribution is 2.16. The van der Waals surface area contributed by atoms with Gasteiger partial charge in [-0.3, -0.25) is 4.68 Å². The molecule has 0 fully saturated rings. The second-order valence-electron chi connectivity index (χ2n) is 5.84. The van der Waals surface area contributed by atoms with Crippen LogP contribution in [0.2, 0.25) is 0 Å². The zero-order chi connectivity index (χ0) is 16.0. The van der Waals surface area contributed by atoms with Gasteiger partial charge in [0.2, 0.25) is 0 Å². The van der Waals surface area contributed by atoms with Crippen molar-refractivity contribution >= 4 is 9.84 Å². The Balaban J connectivity index is 2.54. The Morgan fingerprint density at radius 3 is 2.43 bits per heavy atom. The van der Waals surface area contributed by atoms with Crippen LogP contribution in [-0.4, -0.2) is 42.8 Å². The number of hydrogen-bond acceptors (Lipinski definition) is 4. The van der Waals surface area contributed by atoms with E-state index < -0.39 is 9.84 Å². The predicted molar refractivity (Wildman–Crippen MR) is 87.4 cm³/mol. The zero-order valence-electron chi connectivity index (χ0n) is 13.9. The maximum absolute atomic E-state index is 11.2. The van der Waals surface area contributed by atoms with Crippen LogP contribution >= 0.6 is 0 Å². The first-order chi connectivity index (χ1) is 9.74. The molecule has 1 N–H and O–H groups in total. The van der Waals surface area contributed by atoms with Crippen molar-refractivity contribution in [2.75, 3.05) is 18.6 Å². The standard InChI is InChI=1S/C15H29N3O2S/c1-6-16-14(8-7-11-21(5,19)20)9-10-15-12(2)17-18(4)13(15)3/h14,16H,6-11H2,1-5H3. The van der Waals surface area contributed by atoms with E-state index in [2.05, 4.69) is 24.3 Å². The van der Waals surface area contributed by atoms with Gasteiger partial charge in [0.05, 0.1) is 5.69 Å². The molecule has 21 heavy (non-hydrogen) atoms. The molecule has 0 saturated carbocycles. The Kier molecular flexibility index (Phi) is 6.87. The van der Waals surface area contributed by atoms with Crippen LogP contribution in [-0.2, 0) is 23.3 Å². The van der Waals surface area contributed by atoms with Gasteiger partial charge in [-0.2, -0.15) is 5.10 Å². The van der Waals surface area contributed by atoms with E-state index in [1.165, 1.54) is 17.5 Å². The first-order valence-corrected chi connectivity index (χ1v) is 9.70. The quantitative estimate of drug-likeness (QED) is 0.754. The van der Waals surface area contributed by atoms with Crippen molar-refractivity contribution in [3.63, 3.8) is 0 Å². The van der Waals surface area contributed by atoms with Crippen LogP contribution in [0.4, 0.5) is 0 Å². The molecule has 0 aromatic carbocycles. The molecule has 1 aromatic heterocycles. The lowest BCUT2D eigenvalue weighted by Gasteiger charge is -2.17. The van der Waals surface area contributed by atoms with Gasteiger partial charge in [0.1, 0.15) is 9.84 Å². The third-order valence-electron chi connectivity index (χ3n) is 3.96. The van der Waals surface area contributed by atoms with Crippen LogP contribution < -0.4 is 5.32 Å². The maximum Gasteiger partial charge on any atom is 0.147 e. The molecule has 0 radical (unpaired) electrons. The second-order valence-corrected chi connectivity index (χ2v) is 8.10. The minimum Gasteiger partial charge on any atom is -0.314 e. The third kappa shape index (κ3) is 6.18. The van der Waals surface area contributed by atoms with Gasteiger partial charge in [0.25, 0.3) is 0 Å². The number of sulfone groups is 1. The molecule has 1 aromatic rings. The number of nitrogens with zero attached hydrogens (tertiary/aromatic N) is 2. The van der Waals surface area contributed by atoms with Crippen LogP contribution in [0.25, 0.3) is 0 Å². The van der Waals surface area contributed by atoms with Crippen LogP contribution in [0.5, 0.6) is 0 Å². The lowest BCUT2D eigenvalue weighted by atomic mass is 10.0. The van der Waals surface area contributed by atoms with Gasteiger partial charge in [0, 0.05) is 30.8 Å². The van der Waals surface area contributed by atoms with E-state index in [1.807, 2.05) is 18.7 Å². The topological polar surface area (TPSA) is 64.0 Å². The first kappa shape index (κ1) is 18.2. The Morgan fingerprint density at radius 2 is 1.95 bits per heavy atom. The first-order valence-electron chi connectivity index (χ1n) is 7.64. The van der Waals surface area contributed by atoms with E-state index in [4.69, 9.17) is 0 Å². The minimum atomic E-state index is -2.85. The summed E-state index contributed by atoms with van der Waals surface area (Å²) in [6.45, 7) is 7.15. The number of hydrogen-bond donors (Lipinski definition) is 1. The van der Waals surface area contributed by atoms with Gasteiger partial charge >= 0.3 is 0 Å². The summed E-state index contributed by atoms with van der Waals surface area (Å²) < 4.78 is 24.3. The molecule has 0 aliphatic heterocycles. The molecule has 0 saturated heterocycles. The summed E-state index contributed by atoms with van der Waals surface area (Å²) in [6, 6.07) is 0.371. The average molecular weight is 315 g/mol. The highest BCUT2D eigenvalue weighted by molar-refractivity contribution is 7.90. The summed E-state index contributed by atoms with van der Waals surface area (Å²) in [5.74, 6) is 0.278. The Morgan fingerprint density at radius 1 is 1.29 bits per heavy atom. The molecule has 1 atom stereocenters. The number of aryl methyl sites for hydroxylation is 2. The fourth-order valence-electron chi connectivity index (χ4n) is 2.73. The monoisotopic (exact) mass is 315 g/mol. The molecule has 0 aliphatic carbocycles. The smallest absolute Gasteiger partial charge is 0.147 e. The van der Waals surface area contributed by atoms with Crippen molar-refractivity contribution < 1.29 is 8.42 Å². The molecular weight excluding hydrogens is 286 g/mol. The zero-order valence-corrected chi connectivity index (χ0v) is 14.8. The molecule has 0 aliphatic rings. The number of rotatable bonds is 9. The summed E-state index contributed by atoms with van der Waals surface area (Å²) in [7, 11) is -0.881. The molecule has 0 bridgehead atoms.